The number of piperidine rings is 1. The van der Waals surface area contributed by atoms with Gasteiger partial charge in [0.15, 0.2) is 0 Å². The lowest BCUT2D eigenvalue weighted by atomic mass is 9.82. The number of hydrogen-bond donors (Lipinski definition) is 1. The summed E-state index contributed by atoms with van der Waals surface area (Å²) in [5.41, 5.74) is 5.85. The molecule has 3 nitrogen and oxygen atoms in total. The molecular weight excluding hydrogens is 176 g/mol. The SMILES string of the molecule is N[C@@H]1CCCN(C(=O)CC2CCC2)C1. The minimum Gasteiger partial charge on any atom is -0.341 e. The normalized spacial score (nSPS) is 28.6. The molecule has 1 saturated carbocycles. The highest BCUT2D eigenvalue weighted by Gasteiger charge is 2.26. The van der Waals surface area contributed by atoms with Crippen LogP contribution in [-0.2, 0) is 4.79 Å². The molecule has 0 bridgehead atoms. The third kappa shape index (κ3) is 2.27. The van der Waals surface area contributed by atoms with E-state index in [1.807, 2.05) is 4.90 Å². The minimum absolute atomic E-state index is 0.217. The van der Waals surface area contributed by atoms with E-state index in [2.05, 4.69) is 0 Å². The number of nitrogens with zero attached hydrogens (tertiary/aromatic N) is 1. The van der Waals surface area contributed by atoms with Crippen molar-refractivity contribution in [2.75, 3.05) is 13.1 Å². The zero-order valence-corrected chi connectivity index (χ0v) is 8.74. The van der Waals surface area contributed by atoms with Gasteiger partial charge < -0.3 is 10.6 Å². The van der Waals surface area contributed by atoms with Gasteiger partial charge in [0.25, 0.3) is 0 Å². The molecule has 2 rings (SSSR count). The third-order valence-corrected chi connectivity index (χ3v) is 3.50. The second-order valence-corrected chi connectivity index (χ2v) is 4.74. The Hall–Kier alpha value is -0.570. The zero-order valence-electron chi connectivity index (χ0n) is 8.74. The van der Waals surface area contributed by atoms with Gasteiger partial charge in [-0.15, -0.1) is 0 Å². The third-order valence-electron chi connectivity index (χ3n) is 3.50. The lowest BCUT2D eigenvalue weighted by Crippen LogP contribution is -2.46. The maximum absolute atomic E-state index is 11.8. The Bertz CT molecular complexity index is 213. The van der Waals surface area contributed by atoms with Crippen molar-refractivity contribution in [2.45, 2.75) is 44.6 Å². The number of carbonyl (C=O) groups is 1. The molecule has 0 aromatic rings. The molecule has 2 N–H and O–H groups in total. The van der Waals surface area contributed by atoms with Crippen LogP contribution in [0.1, 0.15) is 38.5 Å². The fraction of sp³-hybridized carbons (Fsp3) is 0.909. The Kier molecular flexibility index (Phi) is 3.06. The van der Waals surface area contributed by atoms with Crippen LogP contribution in [0, 0.1) is 5.92 Å². The molecule has 2 aliphatic rings. The monoisotopic (exact) mass is 196 g/mol. The van der Waals surface area contributed by atoms with Gasteiger partial charge in [0.2, 0.25) is 5.91 Å². The van der Waals surface area contributed by atoms with Gasteiger partial charge in [0.1, 0.15) is 0 Å². The van der Waals surface area contributed by atoms with Crippen molar-refractivity contribution < 1.29 is 4.79 Å². The number of carbonyl (C=O) groups excluding carboxylic acids is 1. The Morgan fingerprint density at radius 3 is 2.64 bits per heavy atom. The Labute approximate surface area is 85.6 Å². The number of rotatable bonds is 2. The van der Waals surface area contributed by atoms with Gasteiger partial charge in [0, 0.05) is 25.6 Å². The summed E-state index contributed by atoms with van der Waals surface area (Å²) in [6.07, 6.45) is 6.76. The molecule has 0 aromatic heterocycles. The number of amides is 1. The quantitative estimate of drug-likeness (QED) is 0.719. The second-order valence-electron chi connectivity index (χ2n) is 4.74. The van der Waals surface area contributed by atoms with E-state index in [4.69, 9.17) is 5.73 Å². The standard InChI is InChI=1S/C11H20N2O/c12-10-5-2-6-13(8-10)11(14)7-9-3-1-4-9/h9-10H,1-8,12H2/t10-/m1/s1. The summed E-state index contributed by atoms with van der Waals surface area (Å²) in [7, 11) is 0. The molecule has 0 radical (unpaired) electrons. The lowest BCUT2D eigenvalue weighted by molar-refractivity contribution is -0.134. The van der Waals surface area contributed by atoms with Gasteiger partial charge in [-0.3, -0.25) is 4.79 Å². The summed E-state index contributed by atoms with van der Waals surface area (Å²) in [5.74, 6) is 1.02. The number of nitrogens with two attached hydrogens (primary N) is 1. The molecule has 1 amide bonds. The molecule has 2 fully saturated rings. The van der Waals surface area contributed by atoms with Gasteiger partial charge in [-0.1, -0.05) is 6.42 Å². The number of hydrogen-bond acceptors (Lipinski definition) is 2. The maximum atomic E-state index is 11.8. The summed E-state index contributed by atoms with van der Waals surface area (Å²) >= 11 is 0. The molecular formula is C11H20N2O. The van der Waals surface area contributed by atoms with Crippen LogP contribution >= 0.6 is 0 Å². The van der Waals surface area contributed by atoms with E-state index in [0.29, 0.717) is 11.8 Å². The Balaban J connectivity index is 1.77. The predicted molar refractivity (Wildman–Crippen MR) is 55.7 cm³/mol. The molecule has 1 saturated heterocycles. The van der Waals surface area contributed by atoms with E-state index in [1.165, 1.54) is 19.3 Å². The van der Waals surface area contributed by atoms with E-state index >= 15 is 0 Å². The van der Waals surface area contributed by atoms with Crippen LogP contribution in [0.4, 0.5) is 0 Å². The van der Waals surface area contributed by atoms with Crippen LogP contribution < -0.4 is 5.73 Å². The van der Waals surface area contributed by atoms with Gasteiger partial charge in [-0.05, 0) is 31.6 Å². The molecule has 0 unspecified atom stereocenters. The average molecular weight is 196 g/mol. The fourth-order valence-corrected chi connectivity index (χ4v) is 2.31. The molecule has 14 heavy (non-hydrogen) atoms. The van der Waals surface area contributed by atoms with Crippen molar-refractivity contribution >= 4 is 5.91 Å². The predicted octanol–water partition coefficient (Wildman–Crippen LogP) is 1.13. The molecule has 1 atom stereocenters. The van der Waals surface area contributed by atoms with E-state index in [9.17, 15) is 4.79 Å². The van der Waals surface area contributed by atoms with Crippen LogP contribution in [0.2, 0.25) is 0 Å². The first kappa shape index (κ1) is 9.97. The van der Waals surface area contributed by atoms with E-state index in [1.54, 1.807) is 0 Å². The van der Waals surface area contributed by atoms with Gasteiger partial charge in [-0.25, -0.2) is 0 Å². The molecule has 1 aliphatic heterocycles. The highest BCUT2D eigenvalue weighted by Crippen LogP contribution is 2.30. The summed E-state index contributed by atoms with van der Waals surface area (Å²) in [4.78, 5) is 13.8. The first-order chi connectivity index (χ1) is 6.75. The van der Waals surface area contributed by atoms with Crippen LogP contribution in [0.3, 0.4) is 0 Å². The highest BCUT2D eigenvalue weighted by atomic mass is 16.2. The minimum atomic E-state index is 0.217. The number of likely N-dealkylation sites (tertiary alicyclic amines) is 1. The van der Waals surface area contributed by atoms with Gasteiger partial charge in [0.05, 0.1) is 0 Å². The van der Waals surface area contributed by atoms with Crippen LogP contribution in [0.15, 0.2) is 0 Å². The van der Waals surface area contributed by atoms with Gasteiger partial charge >= 0.3 is 0 Å². The summed E-state index contributed by atoms with van der Waals surface area (Å²) in [6.45, 7) is 1.71. The van der Waals surface area contributed by atoms with Crippen LogP contribution in [0.5, 0.6) is 0 Å². The fourth-order valence-electron chi connectivity index (χ4n) is 2.31. The zero-order chi connectivity index (χ0) is 9.97. The Morgan fingerprint density at radius 2 is 2.07 bits per heavy atom. The average Bonchev–Trinajstić information content (AvgIpc) is 2.11. The van der Waals surface area contributed by atoms with E-state index in [-0.39, 0.29) is 6.04 Å². The summed E-state index contributed by atoms with van der Waals surface area (Å²) < 4.78 is 0. The first-order valence-corrected chi connectivity index (χ1v) is 5.79. The van der Waals surface area contributed by atoms with E-state index in [0.717, 1.165) is 32.4 Å². The van der Waals surface area contributed by atoms with Crippen LogP contribution in [-0.4, -0.2) is 29.9 Å². The molecule has 80 valence electrons. The van der Waals surface area contributed by atoms with Gasteiger partial charge in [-0.2, -0.15) is 0 Å². The largest absolute Gasteiger partial charge is 0.341 e. The highest BCUT2D eigenvalue weighted by molar-refractivity contribution is 5.76. The van der Waals surface area contributed by atoms with Crippen molar-refractivity contribution in [1.29, 1.82) is 0 Å². The lowest BCUT2D eigenvalue weighted by Gasteiger charge is -2.33. The van der Waals surface area contributed by atoms with Crippen molar-refractivity contribution in [3.8, 4) is 0 Å². The first-order valence-electron chi connectivity index (χ1n) is 5.79. The molecule has 3 heteroatoms. The Morgan fingerprint density at radius 1 is 1.29 bits per heavy atom. The van der Waals surface area contributed by atoms with Crippen molar-refractivity contribution in [2.24, 2.45) is 11.7 Å². The topological polar surface area (TPSA) is 46.3 Å². The van der Waals surface area contributed by atoms with Crippen LogP contribution in [0.25, 0.3) is 0 Å². The molecule has 1 heterocycles. The van der Waals surface area contributed by atoms with Crippen molar-refractivity contribution in [1.82, 2.24) is 4.90 Å². The molecule has 1 aliphatic carbocycles. The maximum Gasteiger partial charge on any atom is 0.222 e. The van der Waals surface area contributed by atoms with Crippen molar-refractivity contribution in [3.05, 3.63) is 0 Å². The smallest absolute Gasteiger partial charge is 0.222 e. The summed E-state index contributed by atoms with van der Waals surface area (Å²) in [6, 6.07) is 0.217. The molecule has 0 aromatic carbocycles. The molecule has 0 spiro atoms. The summed E-state index contributed by atoms with van der Waals surface area (Å²) in [5, 5.41) is 0. The van der Waals surface area contributed by atoms with Crippen molar-refractivity contribution in [3.63, 3.8) is 0 Å². The second kappa shape index (κ2) is 4.30. The van der Waals surface area contributed by atoms with E-state index < -0.39 is 0 Å².